The van der Waals surface area contributed by atoms with Gasteiger partial charge in [-0.2, -0.15) is 0 Å². The molecule has 0 atom stereocenters. The van der Waals surface area contributed by atoms with Crippen LogP contribution in [0.2, 0.25) is 5.02 Å². The van der Waals surface area contributed by atoms with Gasteiger partial charge in [-0.3, -0.25) is 4.99 Å². The lowest BCUT2D eigenvalue weighted by molar-refractivity contribution is 0.403. The van der Waals surface area contributed by atoms with Crippen LogP contribution < -0.4 is 0 Å². The summed E-state index contributed by atoms with van der Waals surface area (Å²) in [5.74, 6) is -0.150. The van der Waals surface area contributed by atoms with E-state index in [-0.39, 0.29) is 11.5 Å². The second-order valence-corrected chi connectivity index (χ2v) is 5.64. The first-order valence-electron chi connectivity index (χ1n) is 6.96. The molecule has 0 radical (unpaired) electrons. The first-order valence-corrected chi connectivity index (χ1v) is 7.34. The number of nitrogens with zero attached hydrogens (tertiary/aromatic N) is 1. The van der Waals surface area contributed by atoms with E-state index < -0.39 is 0 Å². The van der Waals surface area contributed by atoms with Gasteiger partial charge in [0.05, 0.1) is 0 Å². The number of benzene rings is 2. The predicted molar refractivity (Wildman–Crippen MR) is 84.7 cm³/mol. The minimum Gasteiger partial charge on any atom is -0.504 e. The first-order chi connectivity index (χ1) is 10.1. The number of halogens is 1. The molecule has 1 aliphatic heterocycles. The summed E-state index contributed by atoms with van der Waals surface area (Å²) in [4.78, 5) is 4.57. The third-order valence-electron chi connectivity index (χ3n) is 3.76. The van der Waals surface area contributed by atoms with Crippen molar-refractivity contribution >= 4 is 17.3 Å². The van der Waals surface area contributed by atoms with Crippen molar-refractivity contribution in [1.82, 2.24) is 0 Å². The third kappa shape index (κ3) is 3.03. The lowest BCUT2D eigenvalue weighted by Gasteiger charge is -2.18. The highest BCUT2D eigenvalue weighted by Crippen LogP contribution is 2.31. The summed E-state index contributed by atoms with van der Waals surface area (Å²) in [6.07, 6.45) is 2.48. The highest BCUT2D eigenvalue weighted by Gasteiger charge is 2.17. The molecule has 3 rings (SSSR count). The normalized spacial score (nSPS) is 13.7. The fourth-order valence-corrected chi connectivity index (χ4v) is 2.75. The molecule has 2 aromatic carbocycles. The molecule has 0 amide bonds. The first kappa shape index (κ1) is 14.0. The maximum absolute atomic E-state index is 9.69. The number of phenols is 2. The molecule has 0 saturated carbocycles. The van der Waals surface area contributed by atoms with E-state index in [9.17, 15) is 10.2 Å². The Bertz CT molecular complexity index is 693. The summed E-state index contributed by atoms with van der Waals surface area (Å²) in [5.41, 5.74) is 4.19. The number of aryl methyl sites for hydroxylation is 1. The highest BCUT2D eigenvalue weighted by molar-refractivity contribution is 6.30. The summed E-state index contributed by atoms with van der Waals surface area (Å²) in [5, 5.41) is 20.0. The lowest BCUT2D eigenvalue weighted by Crippen LogP contribution is -2.13. The number of hydrogen-bond donors (Lipinski definition) is 2. The molecule has 0 unspecified atom stereocenters. The van der Waals surface area contributed by atoms with Gasteiger partial charge in [0.1, 0.15) is 0 Å². The Morgan fingerprint density at radius 3 is 2.48 bits per heavy atom. The fraction of sp³-hybridized carbons (Fsp3) is 0.235. The van der Waals surface area contributed by atoms with Crippen molar-refractivity contribution in [2.75, 3.05) is 6.54 Å². The molecule has 3 nitrogen and oxygen atoms in total. The van der Waals surface area contributed by atoms with E-state index in [0.29, 0.717) is 0 Å². The summed E-state index contributed by atoms with van der Waals surface area (Å²) >= 11 is 5.88. The van der Waals surface area contributed by atoms with Crippen LogP contribution in [-0.4, -0.2) is 22.5 Å². The van der Waals surface area contributed by atoms with Gasteiger partial charge < -0.3 is 10.2 Å². The monoisotopic (exact) mass is 301 g/mol. The SMILES string of the molecule is Oc1cc2c(cc1O)C(CCc1ccc(Cl)cc1)=NCC2. The van der Waals surface area contributed by atoms with Gasteiger partial charge in [-0.05, 0) is 54.7 Å². The topological polar surface area (TPSA) is 52.8 Å². The molecular weight excluding hydrogens is 286 g/mol. The van der Waals surface area contributed by atoms with Gasteiger partial charge in [-0.1, -0.05) is 23.7 Å². The van der Waals surface area contributed by atoms with Crippen LogP contribution in [0.15, 0.2) is 41.4 Å². The van der Waals surface area contributed by atoms with E-state index in [1.165, 1.54) is 5.56 Å². The molecule has 2 N–H and O–H groups in total. The molecular formula is C17H16ClNO2. The predicted octanol–water partition coefficient (Wildman–Crippen LogP) is 3.73. The van der Waals surface area contributed by atoms with Crippen LogP contribution in [0.4, 0.5) is 0 Å². The number of aromatic hydroxyl groups is 2. The lowest BCUT2D eigenvalue weighted by atomic mass is 9.93. The quantitative estimate of drug-likeness (QED) is 0.849. The number of aliphatic imine (C=N–C) groups is 1. The number of fused-ring (bicyclic) bond motifs is 1. The van der Waals surface area contributed by atoms with Crippen LogP contribution in [-0.2, 0) is 12.8 Å². The third-order valence-corrected chi connectivity index (χ3v) is 4.01. The molecule has 0 spiro atoms. The van der Waals surface area contributed by atoms with Crippen LogP contribution in [0.25, 0.3) is 0 Å². The van der Waals surface area contributed by atoms with Crippen molar-refractivity contribution in [3.8, 4) is 11.5 Å². The van der Waals surface area contributed by atoms with Crippen molar-refractivity contribution in [1.29, 1.82) is 0 Å². The summed E-state index contributed by atoms with van der Waals surface area (Å²) in [6.45, 7) is 0.729. The summed E-state index contributed by atoms with van der Waals surface area (Å²) < 4.78 is 0. The molecule has 0 aromatic heterocycles. The van der Waals surface area contributed by atoms with Crippen molar-refractivity contribution < 1.29 is 10.2 Å². The molecule has 2 aromatic rings. The largest absolute Gasteiger partial charge is 0.504 e. The van der Waals surface area contributed by atoms with Crippen molar-refractivity contribution in [2.24, 2.45) is 4.99 Å². The van der Waals surface area contributed by atoms with Crippen LogP contribution in [0.5, 0.6) is 11.5 Å². The number of rotatable bonds is 3. The Balaban J connectivity index is 1.79. The second-order valence-electron chi connectivity index (χ2n) is 5.20. The van der Waals surface area contributed by atoms with Crippen LogP contribution >= 0.6 is 11.6 Å². The van der Waals surface area contributed by atoms with E-state index >= 15 is 0 Å². The molecule has 1 heterocycles. The van der Waals surface area contributed by atoms with E-state index in [4.69, 9.17) is 11.6 Å². The summed E-state index contributed by atoms with van der Waals surface area (Å²) in [7, 11) is 0. The molecule has 108 valence electrons. The van der Waals surface area contributed by atoms with E-state index in [0.717, 1.165) is 47.7 Å². The molecule has 21 heavy (non-hydrogen) atoms. The van der Waals surface area contributed by atoms with Crippen molar-refractivity contribution in [3.05, 3.63) is 58.1 Å². The van der Waals surface area contributed by atoms with E-state index in [2.05, 4.69) is 4.99 Å². The van der Waals surface area contributed by atoms with Crippen LogP contribution in [0.3, 0.4) is 0 Å². The van der Waals surface area contributed by atoms with Crippen LogP contribution in [0.1, 0.15) is 23.1 Å². The Morgan fingerprint density at radius 1 is 1.00 bits per heavy atom. The minimum absolute atomic E-state index is 0.0623. The minimum atomic E-state index is -0.0881. The Hall–Kier alpha value is -2.00. The van der Waals surface area contributed by atoms with E-state index in [1.807, 2.05) is 24.3 Å². The molecule has 0 aliphatic carbocycles. The average Bonchev–Trinajstić information content (AvgIpc) is 2.48. The van der Waals surface area contributed by atoms with Gasteiger partial charge in [0.25, 0.3) is 0 Å². The number of phenolic OH excluding ortho intramolecular Hbond substituents is 2. The molecule has 0 bridgehead atoms. The maximum Gasteiger partial charge on any atom is 0.158 e. The fourth-order valence-electron chi connectivity index (χ4n) is 2.62. The van der Waals surface area contributed by atoms with Gasteiger partial charge in [-0.25, -0.2) is 0 Å². The van der Waals surface area contributed by atoms with Gasteiger partial charge in [0.15, 0.2) is 11.5 Å². The molecule has 0 saturated heterocycles. The molecule has 0 fully saturated rings. The maximum atomic E-state index is 9.69. The summed E-state index contributed by atoms with van der Waals surface area (Å²) in [6, 6.07) is 11.1. The Labute approximate surface area is 128 Å². The zero-order valence-corrected chi connectivity index (χ0v) is 12.3. The zero-order valence-electron chi connectivity index (χ0n) is 11.5. The van der Waals surface area contributed by atoms with Gasteiger partial charge in [0, 0.05) is 22.8 Å². The van der Waals surface area contributed by atoms with Gasteiger partial charge >= 0.3 is 0 Å². The zero-order chi connectivity index (χ0) is 14.8. The van der Waals surface area contributed by atoms with Crippen molar-refractivity contribution in [2.45, 2.75) is 19.3 Å². The average molecular weight is 302 g/mol. The van der Waals surface area contributed by atoms with Gasteiger partial charge in [-0.15, -0.1) is 0 Å². The Kier molecular flexibility index (Phi) is 3.84. The van der Waals surface area contributed by atoms with Crippen molar-refractivity contribution in [3.63, 3.8) is 0 Å². The van der Waals surface area contributed by atoms with Gasteiger partial charge in [0.2, 0.25) is 0 Å². The van der Waals surface area contributed by atoms with Crippen LogP contribution in [0, 0.1) is 0 Å². The van der Waals surface area contributed by atoms with E-state index in [1.54, 1.807) is 12.1 Å². The molecule has 4 heteroatoms. The smallest absolute Gasteiger partial charge is 0.158 e. The number of hydrogen-bond acceptors (Lipinski definition) is 3. The second kappa shape index (κ2) is 5.78. The highest BCUT2D eigenvalue weighted by atomic mass is 35.5. The Morgan fingerprint density at radius 2 is 1.71 bits per heavy atom. The standard InChI is InChI=1S/C17H16ClNO2/c18-13-4-1-11(2-5-13)3-6-15-14-10-17(21)16(20)9-12(14)7-8-19-15/h1-2,4-5,9-10,20-21H,3,6-8H2. The molecule has 1 aliphatic rings.